The van der Waals surface area contributed by atoms with Crippen LogP contribution < -0.4 is 0 Å². The summed E-state index contributed by atoms with van der Waals surface area (Å²) in [5.41, 5.74) is -2.74. The first kappa shape index (κ1) is 16.5. The van der Waals surface area contributed by atoms with Crippen molar-refractivity contribution in [1.29, 1.82) is 0 Å². The Hall–Kier alpha value is -1.85. The van der Waals surface area contributed by atoms with Crippen molar-refractivity contribution in [3.05, 3.63) is 35.4 Å². The molecule has 0 spiro atoms. The van der Waals surface area contributed by atoms with Gasteiger partial charge in [-0.25, -0.2) is 0 Å². The van der Waals surface area contributed by atoms with Gasteiger partial charge in [0.05, 0.1) is 5.56 Å². The van der Waals surface area contributed by atoms with Gasteiger partial charge in [0.15, 0.2) is 0 Å². The molecular weight excluding hydrogens is 297 g/mol. The Morgan fingerprint density at radius 3 is 2.23 bits per heavy atom. The molecule has 6 heteroatoms. The summed E-state index contributed by atoms with van der Waals surface area (Å²) in [4.78, 5) is 23.8. The van der Waals surface area contributed by atoms with Crippen LogP contribution in [-0.2, 0) is 25.9 Å². The number of hydrogen-bond acceptors (Lipinski definition) is 3. The Bertz CT molecular complexity index is 604. The second kappa shape index (κ2) is 5.11. The summed E-state index contributed by atoms with van der Waals surface area (Å²) in [6, 6.07) is 4.54. The molecule has 0 radical (unpaired) electrons. The molecule has 0 aliphatic heterocycles. The lowest BCUT2D eigenvalue weighted by molar-refractivity contribution is -0.169. The van der Waals surface area contributed by atoms with E-state index in [-0.39, 0.29) is 24.2 Å². The van der Waals surface area contributed by atoms with E-state index in [0.717, 1.165) is 12.1 Å². The third-order valence-electron chi connectivity index (χ3n) is 3.53. The van der Waals surface area contributed by atoms with E-state index in [9.17, 15) is 22.8 Å². The Kier molecular flexibility index (Phi) is 3.83. The average Bonchev–Trinajstić information content (AvgIpc) is 2.31. The van der Waals surface area contributed by atoms with Crippen LogP contribution >= 0.6 is 0 Å². The van der Waals surface area contributed by atoms with Crippen LogP contribution in [0.25, 0.3) is 0 Å². The lowest BCUT2D eigenvalue weighted by Gasteiger charge is -2.40. The highest BCUT2D eigenvalue weighted by molar-refractivity contribution is 6.02. The Morgan fingerprint density at radius 2 is 1.77 bits per heavy atom. The lowest BCUT2D eigenvalue weighted by atomic mass is 9.63. The zero-order valence-electron chi connectivity index (χ0n) is 12.6. The third-order valence-corrected chi connectivity index (χ3v) is 3.53. The van der Waals surface area contributed by atoms with Crippen molar-refractivity contribution in [3.8, 4) is 0 Å². The van der Waals surface area contributed by atoms with Crippen molar-refractivity contribution in [3.63, 3.8) is 0 Å². The van der Waals surface area contributed by atoms with Gasteiger partial charge in [0.25, 0.3) is 0 Å². The average molecular weight is 314 g/mol. The van der Waals surface area contributed by atoms with E-state index >= 15 is 0 Å². The molecule has 1 aromatic carbocycles. The number of alkyl halides is 3. The molecule has 3 nitrogen and oxygen atoms in total. The second-order valence-electron chi connectivity index (χ2n) is 6.55. The number of rotatable bonds is 2. The largest absolute Gasteiger partial charge is 0.459 e. The first-order valence-corrected chi connectivity index (χ1v) is 6.87. The fraction of sp³-hybridized carbons (Fsp3) is 0.500. The summed E-state index contributed by atoms with van der Waals surface area (Å²) in [5, 5.41) is 0. The van der Waals surface area contributed by atoms with Crippen molar-refractivity contribution < 1.29 is 27.5 Å². The van der Waals surface area contributed by atoms with Gasteiger partial charge in [-0.3, -0.25) is 9.59 Å². The fourth-order valence-electron chi connectivity index (χ4n) is 2.46. The van der Waals surface area contributed by atoms with E-state index in [1.54, 1.807) is 20.8 Å². The van der Waals surface area contributed by atoms with Crippen LogP contribution in [0.3, 0.4) is 0 Å². The molecule has 0 unspecified atom stereocenters. The number of halogens is 3. The first-order valence-electron chi connectivity index (χ1n) is 6.87. The van der Waals surface area contributed by atoms with Crippen molar-refractivity contribution in [1.82, 2.24) is 0 Å². The van der Waals surface area contributed by atoms with E-state index < -0.39 is 28.7 Å². The van der Waals surface area contributed by atoms with Gasteiger partial charge in [-0.05, 0) is 32.4 Å². The normalized spacial score (nSPS) is 17.8. The Labute approximate surface area is 126 Å². The number of carbonyl (C=O) groups excluding carboxylic acids is 2. The molecule has 0 saturated heterocycles. The van der Waals surface area contributed by atoms with Gasteiger partial charge in [-0.15, -0.1) is 0 Å². The molecular formula is C16H17F3O3. The van der Waals surface area contributed by atoms with Crippen molar-refractivity contribution in [2.75, 3.05) is 0 Å². The van der Waals surface area contributed by atoms with Gasteiger partial charge in [-0.1, -0.05) is 18.2 Å². The number of carbonyl (C=O) groups is 2. The van der Waals surface area contributed by atoms with Gasteiger partial charge in [0.1, 0.15) is 16.8 Å². The second-order valence-corrected chi connectivity index (χ2v) is 6.55. The van der Waals surface area contributed by atoms with Gasteiger partial charge in [0, 0.05) is 12.8 Å². The monoisotopic (exact) mass is 314 g/mol. The molecule has 1 aromatic rings. The molecule has 1 saturated carbocycles. The first-order chi connectivity index (χ1) is 9.94. The number of Topliss-reactive ketones (excluding diaryl/α,β-unsaturated/α-hetero) is 1. The number of esters is 1. The number of ether oxygens (including phenoxy) is 1. The van der Waals surface area contributed by atoms with Gasteiger partial charge in [0.2, 0.25) is 0 Å². The van der Waals surface area contributed by atoms with Crippen molar-refractivity contribution >= 4 is 11.8 Å². The highest BCUT2D eigenvalue weighted by atomic mass is 19.4. The van der Waals surface area contributed by atoms with Gasteiger partial charge >= 0.3 is 12.1 Å². The van der Waals surface area contributed by atoms with Crippen LogP contribution in [-0.4, -0.2) is 17.4 Å². The Morgan fingerprint density at radius 1 is 1.18 bits per heavy atom. The standard InChI is InChI=1S/C16H17F3O3/c1-14(2,3)22-13(21)15(8-12(20)9-15)10-5-4-6-11(7-10)16(17,18)19/h4-7H,8-9H2,1-3H3. The smallest absolute Gasteiger partial charge is 0.416 e. The lowest BCUT2D eigenvalue weighted by Crippen LogP contribution is -2.51. The summed E-state index contributed by atoms with van der Waals surface area (Å²) >= 11 is 0. The van der Waals surface area contributed by atoms with Crippen LogP contribution in [0.4, 0.5) is 13.2 Å². The molecule has 0 atom stereocenters. The minimum atomic E-state index is -4.50. The van der Waals surface area contributed by atoms with Gasteiger partial charge in [-0.2, -0.15) is 13.2 Å². The number of hydrogen-bond donors (Lipinski definition) is 0. The Balaban J connectivity index is 2.41. The van der Waals surface area contributed by atoms with Crippen LogP contribution in [0.1, 0.15) is 44.7 Å². The predicted molar refractivity (Wildman–Crippen MR) is 73.2 cm³/mol. The molecule has 120 valence electrons. The minimum absolute atomic E-state index is 0.122. The highest BCUT2D eigenvalue weighted by Gasteiger charge is 2.53. The summed E-state index contributed by atoms with van der Waals surface area (Å²) in [7, 11) is 0. The van der Waals surface area contributed by atoms with Crippen LogP contribution in [0.5, 0.6) is 0 Å². The fourth-order valence-corrected chi connectivity index (χ4v) is 2.46. The molecule has 0 N–H and O–H groups in total. The quantitative estimate of drug-likeness (QED) is 0.783. The van der Waals surface area contributed by atoms with E-state index in [0.29, 0.717) is 0 Å². The van der Waals surface area contributed by atoms with E-state index in [1.165, 1.54) is 12.1 Å². The summed E-state index contributed by atoms with van der Waals surface area (Å²) in [6.45, 7) is 5.02. The SMILES string of the molecule is CC(C)(C)OC(=O)C1(c2cccc(C(F)(F)F)c2)CC(=O)C1. The summed E-state index contributed by atoms with van der Waals surface area (Å²) in [6.07, 6.45) is -4.74. The predicted octanol–water partition coefficient (Wildman–Crippen LogP) is 3.65. The number of ketones is 1. The zero-order chi connectivity index (χ0) is 16.8. The maximum atomic E-state index is 12.8. The number of benzene rings is 1. The zero-order valence-corrected chi connectivity index (χ0v) is 12.6. The molecule has 1 aliphatic carbocycles. The minimum Gasteiger partial charge on any atom is -0.459 e. The molecule has 2 rings (SSSR count). The third kappa shape index (κ3) is 3.15. The molecule has 1 fully saturated rings. The van der Waals surface area contributed by atoms with Gasteiger partial charge < -0.3 is 4.74 Å². The van der Waals surface area contributed by atoms with E-state index in [2.05, 4.69) is 0 Å². The van der Waals surface area contributed by atoms with E-state index in [1.807, 2.05) is 0 Å². The highest BCUT2D eigenvalue weighted by Crippen LogP contribution is 2.44. The topological polar surface area (TPSA) is 43.4 Å². The van der Waals surface area contributed by atoms with E-state index in [4.69, 9.17) is 4.74 Å². The molecule has 0 bridgehead atoms. The summed E-state index contributed by atoms with van der Waals surface area (Å²) < 4.78 is 43.8. The summed E-state index contributed by atoms with van der Waals surface area (Å²) in [5.74, 6) is -0.817. The molecule has 1 aliphatic rings. The molecule has 0 aromatic heterocycles. The maximum Gasteiger partial charge on any atom is 0.416 e. The molecule has 0 amide bonds. The molecule has 0 heterocycles. The van der Waals surface area contributed by atoms with Crippen LogP contribution in [0, 0.1) is 0 Å². The van der Waals surface area contributed by atoms with Crippen LogP contribution in [0.2, 0.25) is 0 Å². The van der Waals surface area contributed by atoms with Crippen molar-refractivity contribution in [2.45, 2.75) is 50.8 Å². The maximum absolute atomic E-state index is 12.8. The van der Waals surface area contributed by atoms with Crippen LogP contribution in [0.15, 0.2) is 24.3 Å². The molecule has 22 heavy (non-hydrogen) atoms. The van der Waals surface area contributed by atoms with Crippen molar-refractivity contribution in [2.24, 2.45) is 0 Å².